The summed E-state index contributed by atoms with van der Waals surface area (Å²) < 4.78 is 55.4. The van der Waals surface area contributed by atoms with Gasteiger partial charge in [0.15, 0.2) is 5.69 Å². The molecule has 2 amide bonds. The Morgan fingerprint density at radius 3 is 2.40 bits per heavy atom. The third-order valence-corrected chi connectivity index (χ3v) is 6.29. The van der Waals surface area contributed by atoms with Gasteiger partial charge in [0.25, 0.3) is 23.9 Å². The summed E-state index contributed by atoms with van der Waals surface area (Å²) in [4.78, 5) is 33.6. The van der Waals surface area contributed by atoms with Crippen molar-refractivity contribution in [2.24, 2.45) is 10.9 Å². The molecule has 3 N–H and O–H groups in total. The number of anilines is 2. The molecule has 1 aliphatic rings. The van der Waals surface area contributed by atoms with Crippen molar-refractivity contribution in [2.75, 3.05) is 24.2 Å². The summed E-state index contributed by atoms with van der Waals surface area (Å²) in [5.41, 5.74) is -1.90. The van der Waals surface area contributed by atoms with Crippen LogP contribution in [0.15, 0.2) is 65.6 Å². The Morgan fingerprint density at radius 2 is 1.84 bits per heavy atom. The first-order chi connectivity index (χ1) is 20.5. The van der Waals surface area contributed by atoms with E-state index >= 15 is 0 Å². The van der Waals surface area contributed by atoms with Gasteiger partial charge in [-0.3, -0.25) is 9.59 Å². The molecular formula is C29H34F4N7O2P. The van der Waals surface area contributed by atoms with Gasteiger partial charge in [0.1, 0.15) is 11.5 Å². The summed E-state index contributed by atoms with van der Waals surface area (Å²) in [6.07, 6.45) is 2.84. The Morgan fingerprint density at radius 1 is 1.16 bits per heavy atom. The average Bonchev–Trinajstić information content (AvgIpc) is 3.75. The summed E-state index contributed by atoms with van der Waals surface area (Å²) >= 11 is 0. The second kappa shape index (κ2) is 14.9. The predicted molar refractivity (Wildman–Crippen MR) is 162 cm³/mol. The van der Waals surface area contributed by atoms with Gasteiger partial charge in [0.05, 0.1) is 29.8 Å². The molecule has 0 aliphatic heterocycles. The minimum atomic E-state index is -3.01. The highest BCUT2D eigenvalue weighted by molar-refractivity contribution is 7.18. The van der Waals surface area contributed by atoms with E-state index in [0.29, 0.717) is 22.5 Å². The molecule has 0 bridgehead atoms. The third-order valence-electron chi connectivity index (χ3n) is 6.09. The van der Waals surface area contributed by atoms with E-state index in [-0.39, 0.29) is 29.0 Å². The summed E-state index contributed by atoms with van der Waals surface area (Å²) in [5.74, 6) is -0.753. The molecule has 0 saturated heterocycles. The summed E-state index contributed by atoms with van der Waals surface area (Å²) in [6, 6.07) is 9.37. The molecule has 1 fully saturated rings. The second-order valence-corrected chi connectivity index (χ2v) is 10.1. The van der Waals surface area contributed by atoms with Gasteiger partial charge in [-0.2, -0.15) is 5.10 Å². The molecule has 9 nitrogen and oxygen atoms in total. The van der Waals surface area contributed by atoms with Crippen LogP contribution < -0.4 is 16.0 Å². The minimum absolute atomic E-state index is 0.0161. The number of pyridine rings is 1. The van der Waals surface area contributed by atoms with E-state index in [0.717, 1.165) is 12.8 Å². The molecule has 1 aromatic carbocycles. The Kier molecular flexibility index (Phi) is 11.5. The van der Waals surface area contributed by atoms with Gasteiger partial charge in [-0.25, -0.2) is 32.2 Å². The van der Waals surface area contributed by atoms with E-state index in [4.69, 9.17) is 0 Å². The second-order valence-electron chi connectivity index (χ2n) is 9.24. The Bertz CT molecular complexity index is 1480. The molecule has 43 heavy (non-hydrogen) atoms. The molecule has 1 aliphatic carbocycles. The molecule has 14 heteroatoms. The number of hydrogen-bond acceptors (Lipinski definition) is 6. The van der Waals surface area contributed by atoms with Crippen LogP contribution >= 0.6 is 9.24 Å². The highest BCUT2D eigenvalue weighted by atomic mass is 31.0. The van der Waals surface area contributed by atoms with Gasteiger partial charge in [-0.15, -0.1) is 0 Å². The fraction of sp³-hybridized carbons (Fsp3) is 0.345. The molecule has 2 heterocycles. The van der Waals surface area contributed by atoms with Crippen LogP contribution in [0.5, 0.6) is 0 Å². The van der Waals surface area contributed by atoms with Gasteiger partial charge in [-0.05, 0) is 56.2 Å². The first-order valence-electron chi connectivity index (χ1n) is 13.6. The lowest BCUT2D eigenvalue weighted by Gasteiger charge is -2.13. The lowest BCUT2D eigenvalue weighted by atomic mass is 10.1. The predicted octanol–water partition coefficient (Wildman–Crippen LogP) is 6.21. The van der Waals surface area contributed by atoms with Crippen molar-refractivity contribution in [3.05, 3.63) is 77.4 Å². The zero-order valence-electron chi connectivity index (χ0n) is 24.2. The largest absolute Gasteiger partial charge is 0.364 e. The number of alkyl halides is 4. The maximum Gasteiger partial charge on any atom is 0.284 e. The number of halogens is 4. The van der Waals surface area contributed by atoms with Crippen molar-refractivity contribution >= 4 is 38.3 Å². The molecule has 3 aromatic rings. The smallest absolute Gasteiger partial charge is 0.284 e. The van der Waals surface area contributed by atoms with Gasteiger partial charge >= 0.3 is 0 Å². The molecule has 4 rings (SSSR count). The number of nitrogens with one attached hydrogen (secondary N) is 3. The Labute approximate surface area is 249 Å². The standard InChI is InChI=1S/C27H28F4N7O2P.C2H6/c1-3-19(35-22(15-4-5-15)17-10-11-33-21(12-17)34-14-27(30,31)41)26(40)36-20-13-38(37-23(20)24(28)29)18-8-6-16(7-9-18)25(39)32-2;1-2/h3,6-13,15,24H,4-5,14,41H2,1-2H3,(H,32,39)(H,33,34)(H,36,40);1-2H3/b19-3-,35-22?;. The van der Waals surface area contributed by atoms with Gasteiger partial charge in [0.2, 0.25) is 0 Å². The minimum Gasteiger partial charge on any atom is -0.364 e. The Hall–Kier alpha value is -4.12. The molecule has 0 radical (unpaired) electrons. The molecular weight excluding hydrogens is 585 g/mol. The molecule has 2 aromatic heterocycles. The number of allylic oxidation sites excluding steroid dienone is 1. The summed E-state index contributed by atoms with van der Waals surface area (Å²) in [6.45, 7) is 4.96. The van der Waals surface area contributed by atoms with Crippen LogP contribution in [0.3, 0.4) is 0 Å². The molecule has 1 saturated carbocycles. The molecule has 1 atom stereocenters. The van der Waals surface area contributed by atoms with Crippen LogP contribution in [-0.4, -0.2) is 51.5 Å². The fourth-order valence-corrected chi connectivity index (χ4v) is 3.99. The van der Waals surface area contributed by atoms with E-state index < -0.39 is 30.2 Å². The zero-order valence-corrected chi connectivity index (χ0v) is 25.3. The number of rotatable bonds is 11. The lowest BCUT2D eigenvalue weighted by Crippen LogP contribution is -2.20. The van der Waals surface area contributed by atoms with Crippen LogP contribution in [0.25, 0.3) is 5.69 Å². The van der Waals surface area contributed by atoms with Gasteiger partial charge in [0, 0.05) is 30.3 Å². The number of carbonyl (C=O) groups is 2. The van der Waals surface area contributed by atoms with E-state index in [1.165, 1.54) is 51.6 Å². The first-order valence-corrected chi connectivity index (χ1v) is 14.2. The van der Waals surface area contributed by atoms with Crippen LogP contribution in [0, 0.1) is 5.92 Å². The van der Waals surface area contributed by atoms with E-state index in [1.54, 1.807) is 31.2 Å². The van der Waals surface area contributed by atoms with Crippen molar-refractivity contribution in [1.82, 2.24) is 20.1 Å². The number of aromatic nitrogens is 3. The van der Waals surface area contributed by atoms with Crippen molar-refractivity contribution in [3.8, 4) is 5.69 Å². The summed E-state index contributed by atoms with van der Waals surface area (Å²) in [5, 5.41) is 11.5. The van der Waals surface area contributed by atoms with Crippen LogP contribution in [-0.2, 0) is 4.79 Å². The normalized spacial score (nSPS) is 13.7. The maximum atomic E-state index is 13.8. The number of amides is 2. The number of carbonyl (C=O) groups excluding carboxylic acids is 2. The van der Waals surface area contributed by atoms with Crippen molar-refractivity contribution < 1.29 is 27.2 Å². The van der Waals surface area contributed by atoms with Gasteiger partial charge < -0.3 is 16.0 Å². The fourth-order valence-electron chi connectivity index (χ4n) is 3.89. The van der Waals surface area contributed by atoms with Crippen molar-refractivity contribution in [1.29, 1.82) is 0 Å². The van der Waals surface area contributed by atoms with E-state index in [9.17, 15) is 27.2 Å². The van der Waals surface area contributed by atoms with E-state index in [2.05, 4.69) is 31.0 Å². The van der Waals surface area contributed by atoms with Crippen LogP contribution in [0.2, 0.25) is 0 Å². The Balaban J connectivity index is 0.00000248. The number of aliphatic imine (C=N–C) groups is 1. The maximum absolute atomic E-state index is 13.8. The first kappa shape index (κ1) is 33.4. The van der Waals surface area contributed by atoms with Crippen molar-refractivity contribution in [3.63, 3.8) is 0 Å². The van der Waals surface area contributed by atoms with Crippen molar-refractivity contribution in [2.45, 2.75) is 45.7 Å². The molecule has 0 spiro atoms. The highest BCUT2D eigenvalue weighted by Gasteiger charge is 2.30. The molecule has 230 valence electrons. The molecule has 1 unspecified atom stereocenters. The topological polar surface area (TPSA) is 113 Å². The van der Waals surface area contributed by atoms with E-state index in [1.807, 2.05) is 13.8 Å². The van der Waals surface area contributed by atoms with Crippen LogP contribution in [0.4, 0.5) is 29.1 Å². The number of benzene rings is 1. The van der Waals surface area contributed by atoms with Crippen LogP contribution in [0.1, 0.15) is 61.7 Å². The zero-order chi connectivity index (χ0) is 31.7. The lowest BCUT2D eigenvalue weighted by molar-refractivity contribution is -0.112. The third kappa shape index (κ3) is 9.18. The number of hydrogen-bond donors (Lipinski definition) is 3. The number of nitrogens with zero attached hydrogens (tertiary/aromatic N) is 4. The average molecular weight is 620 g/mol. The summed E-state index contributed by atoms with van der Waals surface area (Å²) in [7, 11) is 2.95. The monoisotopic (exact) mass is 619 g/mol. The highest BCUT2D eigenvalue weighted by Crippen LogP contribution is 2.35. The quantitative estimate of drug-likeness (QED) is 0.102. The van der Waals surface area contributed by atoms with Gasteiger partial charge in [-0.1, -0.05) is 29.2 Å². The SMILES string of the molecule is C/C=C(\N=C(c1ccnc(NCC(F)(F)P)c1)C1CC1)C(=O)Nc1cn(-c2ccc(C(=O)NC)cc2)nc1C(F)F.CC.